The summed E-state index contributed by atoms with van der Waals surface area (Å²) in [5, 5.41) is 10.2. The summed E-state index contributed by atoms with van der Waals surface area (Å²) in [7, 11) is 8.38. The van der Waals surface area contributed by atoms with Crippen LogP contribution >= 0.6 is 0 Å². The van der Waals surface area contributed by atoms with Gasteiger partial charge in [0.2, 0.25) is 0 Å². The van der Waals surface area contributed by atoms with E-state index in [0.717, 1.165) is 113 Å². The van der Waals surface area contributed by atoms with Crippen molar-refractivity contribution in [3.05, 3.63) is 237 Å². The molecule has 366 valence electrons. The van der Waals surface area contributed by atoms with E-state index in [2.05, 4.69) is 154 Å². The molecular formula is C65H55N3O6. The lowest BCUT2D eigenvalue weighted by Gasteiger charge is -2.26. The highest BCUT2D eigenvalue weighted by Crippen LogP contribution is 2.42. The number of ether oxygens (including phenoxy) is 5. The van der Waals surface area contributed by atoms with Gasteiger partial charge in [-0.3, -0.25) is 0 Å². The van der Waals surface area contributed by atoms with Crippen molar-refractivity contribution in [2.75, 3.05) is 50.2 Å². The fourth-order valence-corrected chi connectivity index (χ4v) is 9.14. The molecule has 9 heteroatoms. The van der Waals surface area contributed by atoms with Crippen molar-refractivity contribution in [3.63, 3.8) is 0 Å². The molecule has 0 amide bonds. The summed E-state index contributed by atoms with van der Waals surface area (Å²) in [4.78, 5) is 6.61. The predicted octanol–water partition coefficient (Wildman–Crippen LogP) is 16.8. The normalized spacial score (nSPS) is 10.8. The van der Waals surface area contributed by atoms with E-state index < -0.39 is 0 Å². The fourth-order valence-electron chi connectivity index (χ4n) is 9.14. The van der Waals surface area contributed by atoms with Gasteiger partial charge in [-0.1, -0.05) is 36.4 Å². The Labute approximate surface area is 432 Å². The second kappa shape index (κ2) is 21.8. The maximum absolute atomic E-state index is 10.2. The largest absolute Gasteiger partial charge is 0.508 e. The SMILES string of the molecule is COc1ccc(N(c2ccc(O)cc2)c2ccc(-c3cc(-c4ccc(N(c5ccc(OC)cc5)c5ccc(OC)cc5)cc4)cc(-c4ccc(N(c5ccc(OC)cc5)c5ccc(OC)cc5)cc4)c3)cc2)cc1. The van der Waals surface area contributed by atoms with E-state index in [1.54, 1.807) is 47.7 Å². The Bertz CT molecular complexity index is 3170. The lowest BCUT2D eigenvalue weighted by molar-refractivity contribution is 0.414. The molecule has 10 aromatic carbocycles. The van der Waals surface area contributed by atoms with Gasteiger partial charge >= 0.3 is 0 Å². The van der Waals surface area contributed by atoms with Crippen LogP contribution in [-0.4, -0.2) is 40.7 Å². The molecule has 0 radical (unpaired) electrons. The molecular weight excluding hydrogens is 919 g/mol. The van der Waals surface area contributed by atoms with Gasteiger partial charge in [0.15, 0.2) is 0 Å². The summed E-state index contributed by atoms with van der Waals surface area (Å²) in [5.74, 6) is 4.13. The van der Waals surface area contributed by atoms with Gasteiger partial charge in [-0.05, 0) is 234 Å². The van der Waals surface area contributed by atoms with Gasteiger partial charge in [0.05, 0.1) is 35.5 Å². The summed E-state index contributed by atoms with van der Waals surface area (Å²) >= 11 is 0. The minimum absolute atomic E-state index is 0.206. The number of phenolic OH excluding ortho intramolecular Hbond substituents is 1. The van der Waals surface area contributed by atoms with E-state index in [-0.39, 0.29) is 5.75 Å². The Balaban J connectivity index is 1.05. The van der Waals surface area contributed by atoms with Crippen LogP contribution in [0.25, 0.3) is 33.4 Å². The summed E-state index contributed by atoms with van der Waals surface area (Å²) in [5.41, 5.74) is 15.2. The maximum Gasteiger partial charge on any atom is 0.119 e. The summed E-state index contributed by atoms with van der Waals surface area (Å²) in [6, 6.07) is 80.5. The molecule has 0 aliphatic heterocycles. The van der Waals surface area contributed by atoms with Crippen molar-refractivity contribution in [1.29, 1.82) is 0 Å². The zero-order valence-electron chi connectivity index (χ0n) is 41.8. The molecule has 0 atom stereocenters. The lowest BCUT2D eigenvalue weighted by Crippen LogP contribution is -2.10. The van der Waals surface area contributed by atoms with Crippen molar-refractivity contribution >= 4 is 51.2 Å². The maximum atomic E-state index is 10.2. The third-order valence-corrected chi connectivity index (χ3v) is 13.1. The minimum Gasteiger partial charge on any atom is -0.508 e. The van der Waals surface area contributed by atoms with Crippen LogP contribution in [-0.2, 0) is 0 Å². The molecule has 0 saturated carbocycles. The van der Waals surface area contributed by atoms with Crippen LogP contribution in [0.5, 0.6) is 34.5 Å². The molecule has 0 aliphatic carbocycles. The van der Waals surface area contributed by atoms with Crippen molar-refractivity contribution in [1.82, 2.24) is 0 Å². The van der Waals surface area contributed by atoms with Crippen LogP contribution in [0.3, 0.4) is 0 Å². The van der Waals surface area contributed by atoms with Gasteiger partial charge in [-0.15, -0.1) is 0 Å². The van der Waals surface area contributed by atoms with E-state index in [4.69, 9.17) is 23.7 Å². The number of hydrogen-bond acceptors (Lipinski definition) is 9. The topological polar surface area (TPSA) is 76.1 Å². The van der Waals surface area contributed by atoms with Crippen molar-refractivity contribution < 1.29 is 28.8 Å². The number of benzene rings is 10. The van der Waals surface area contributed by atoms with Crippen LogP contribution < -0.4 is 38.4 Å². The highest BCUT2D eigenvalue weighted by Gasteiger charge is 2.18. The molecule has 0 bridgehead atoms. The van der Waals surface area contributed by atoms with Crippen molar-refractivity contribution in [2.45, 2.75) is 0 Å². The molecule has 0 spiro atoms. The first kappa shape index (κ1) is 48.0. The molecule has 10 rings (SSSR count). The van der Waals surface area contributed by atoms with E-state index in [0.29, 0.717) is 0 Å². The number of hydrogen-bond donors (Lipinski definition) is 1. The molecule has 0 aromatic heterocycles. The van der Waals surface area contributed by atoms with Gasteiger partial charge in [0, 0.05) is 51.2 Å². The van der Waals surface area contributed by atoms with Gasteiger partial charge in [0.25, 0.3) is 0 Å². The Morgan fingerprint density at radius 3 is 0.554 bits per heavy atom. The lowest BCUT2D eigenvalue weighted by atomic mass is 9.93. The first-order valence-corrected chi connectivity index (χ1v) is 24.2. The number of methoxy groups -OCH3 is 5. The Kier molecular flexibility index (Phi) is 14.2. The van der Waals surface area contributed by atoms with Gasteiger partial charge in [-0.2, -0.15) is 0 Å². The molecule has 0 unspecified atom stereocenters. The molecule has 0 aliphatic rings. The Morgan fingerprint density at radius 1 is 0.216 bits per heavy atom. The van der Waals surface area contributed by atoms with E-state index >= 15 is 0 Å². The molecule has 0 heterocycles. The summed E-state index contributed by atoms with van der Waals surface area (Å²) in [6.45, 7) is 0. The zero-order valence-corrected chi connectivity index (χ0v) is 41.8. The highest BCUT2D eigenvalue weighted by molar-refractivity contribution is 5.86. The van der Waals surface area contributed by atoms with E-state index in [1.165, 1.54) is 0 Å². The standard InChI is InChI=1S/C65H55N3O6/c1-70-61-32-20-55(21-33-61)66(54-18-30-60(69)31-19-54)51-12-6-45(7-13-51)48-42-49(46-8-14-52(15-9-46)67(56-22-34-62(71-2)35-23-56)57-24-36-63(72-3)37-25-57)44-50(43-48)47-10-16-53(17-11-47)68(58-26-38-64(73-4)39-27-58)59-28-40-65(74-5)41-29-59/h6-44,69H,1-5H3. The molecule has 0 saturated heterocycles. The predicted molar refractivity (Wildman–Crippen MR) is 301 cm³/mol. The first-order chi connectivity index (χ1) is 36.3. The van der Waals surface area contributed by atoms with Crippen molar-refractivity contribution in [2.24, 2.45) is 0 Å². The van der Waals surface area contributed by atoms with E-state index in [1.807, 2.05) is 84.9 Å². The molecule has 9 nitrogen and oxygen atoms in total. The Morgan fingerprint density at radius 2 is 0.378 bits per heavy atom. The van der Waals surface area contributed by atoms with Gasteiger partial charge < -0.3 is 43.5 Å². The average molecular weight is 974 g/mol. The summed E-state index contributed by atoms with van der Waals surface area (Å²) < 4.78 is 27.5. The van der Waals surface area contributed by atoms with Crippen LogP contribution in [0.4, 0.5) is 51.2 Å². The monoisotopic (exact) mass is 973 g/mol. The van der Waals surface area contributed by atoms with Crippen molar-refractivity contribution in [3.8, 4) is 67.9 Å². The first-order valence-electron chi connectivity index (χ1n) is 24.2. The minimum atomic E-state index is 0.206. The van der Waals surface area contributed by atoms with Crippen LogP contribution in [0.1, 0.15) is 0 Å². The van der Waals surface area contributed by atoms with Gasteiger partial charge in [0.1, 0.15) is 34.5 Å². The Hall–Kier alpha value is -9.60. The summed E-state index contributed by atoms with van der Waals surface area (Å²) in [6.07, 6.45) is 0. The number of rotatable bonds is 17. The second-order valence-corrected chi connectivity index (χ2v) is 17.5. The quantitative estimate of drug-likeness (QED) is 0.0960. The number of aromatic hydroxyl groups is 1. The zero-order chi connectivity index (χ0) is 51.0. The van der Waals surface area contributed by atoms with Gasteiger partial charge in [-0.25, -0.2) is 0 Å². The van der Waals surface area contributed by atoms with Crippen LogP contribution in [0.2, 0.25) is 0 Å². The fraction of sp³-hybridized carbons (Fsp3) is 0.0769. The van der Waals surface area contributed by atoms with Crippen LogP contribution in [0, 0.1) is 0 Å². The number of anilines is 9. The third kappa shape index (κ3) is 10.4. The highest BCUT2D eigenvalue weighted by atomic mass is 16.5. The second-order valence-electron chi connectivity index (χ2n) is 17.5. The molecule has 0 fully saturated rings. The van der Waals surface area contributed by atoms with E-state index in [9.17, 15) is 5.11 Å². The number of nitrogens with zero attached hydrogens (tertiary/aromatic N) is 3. The smallest absolute Gasteiger partial charge is 0.119 e. The molecule has 10 aromatic rings. The molecule has 1 N–H and O–H groups in total. The van der Waals surface area contributed by atoms with Crippen LogP contribution in [0.15, 0.2) is 237 Å². The third-order valence-electron chi connectivity index (χ3n) is 13.1. The average Bonchev–Trinajstić information content (AvgIpc) is 3.47. The number of phenols is 1. The molecule has 74 heavy (non-hydrogen) atoms.